The number of amides is 2. The molecule has 8 nitrogen and oxygen atoms in total. The smallest absolute Gasteiger partial charge is 0.328 e. The standard InChI is InChI=1S/C22H26N2O6/c1-3-28-18-9-11-19(12-10-18)29-14-13-23-20(25)15-30-22(27)16(2)24-21(26)17-7-5-4-6-8-17/h4-12,16H,3,13-15H2,1-2H3,(H,23,25)(H,24,26)/t16-/m0/s1. The molecule has 0 fully saturated rings. The van der Waals surface area contributed by atoms with Gasteiger partial charge in [0, 0.05) is 5.56 Å². The fourth-order valence-electron chi connectivity index (χ4n) is 2.40. The highest BCUT2D eigenvalue weighted by atomic mass is 16.5. The van der Waals surface area contributed by atoms with Crippen LogP contribution in [0.5, 0.6) is 11.5 Å². The number of hydrogen-bond acceptors (Lipinski definition) is 6. The molecule has 0 radical (unpaired) electrons. The summed E-state index contributed by atoms with van der Waals surface area (Å²) in [7, 11) is 0. The first-order chi connectivity index (χ1) is 14.5. The van der Waals surface area contributed by atoms with Gasteiger partial charge in [-0.3, -0.25) is 9.59 Å². The zero-order valence-corrected chi connectivity index (χ0v) is 17.1. The Morgan fingerprint density at radius 1 is 0.933 bits per heavy atom. The molecule has 2 amide bonds. The summed E-state index contributed by atoms with van der Waals surface area (Å²) >= 11 is 0. The van der Waals surface area contributed by atoms with Crippen molar-refractivity contribution in [2.24, 2.45) is 0 Å². The maximum Gasteiger partial charge on any atom is 0.328 e. The largest absolute Gasteiger partial charge is 0.494 e. The zero-order chi connectivity index (χ0) is 21.8. The Hall–Kier alpha value is -3.55. The molecule has 30 heavy (non-hydrogen) atoms. The number of rotatable bonds is 11. The van der Waals surface area contributed by atoms with Gasteiger partial charge in [-0.15, -0.1) is 0 Å². The summed E-state index contributed by atoms with van der Waals surface area (Å²) in [6, 6.07) is 14.8. The lowest BCUT2D eigenvalue weighted by atomic mass is 10.2. The highest BCUT2D eigenvalue weighted by molar-refractivity contribution is 5.96. The van der Waals surface area contributed by atoms with Crippen molar-refractivity contribution in [3.63, 3.8) is 0 Å². The molecule has 0 heterocycles. The van der Waals surface area contributed by atoms with Gasteiger partial charge < -0.3 is 24.8 Å². The number of nitrogens with one attached hydrogen (secondary N) is 2. The number of carbonyl (C=O) groups excluding carboxylic acids is 3. The number of carbonyl (C=O) groups is 3. The van der Waals surface area contributed by atoms with Crippen LogP contribution in [0.4, 0.5) is 0 Å². The Morgan fingerprint density at radius 3 is 2.20 bits per heavy atom. The summed E-state index contributed by atoms with van der Waals surface area (Å²) in [5.74, 6) is -0.132. The van der Waals surface area contributed by atoms with Crippen LogP contribution in [0.25, 0.3) is 0 Å². The lowest BCUT2D eigenvalue weighted by Gasteiger charge is -2.13. The second kappa shape index (κ2) is 12.1. The molecule has 1 atom stereocenters. The molecule has 2 rings (SSSR count). The molecule has 160 valence electrons. The maximum absolute atomic E-state index is 12.0. The van der Waals surface area contributed by atoms with Crippen molar-refractivity contribution in [3.8, 4) is 11.5 Å². The molecule has 2 aromatic carbocycles. The van der Waals surface area contributed by atoms with E-state index in [1.807, 2.05) is 6.92 Å². The predicted octanol–water partition coefficient (Wildman–Crippen LogP) is 1.94. The summed E-state index contributed by atoms with van der Waals surface area (Å²) in [6.45, 7) is 4.07. The third-order valence-corrected chi connectivity index (χ3v) is 3.91. The van der Waals surface area contributed by atoms with Gasteiger partial charge in [-0.1, -0.05) is 18.2 Å². The molecular formula is C22H26N2O6. The fourth-order valence-corrected chi connectivity index (χ4v) is 2.40. The van der Waals surface area contributed by atoms with Crippen molar-refractivity contribution in [3.05, 3.63) is 60.2 Å². The summed E-state index contributed by atoms with van der Waals surface area (Å²) in [5, 5.41) is 5.12. The summed E-state index contributed by atoms with van der Waals surface area (Å²) < 4.78 is 15.8. The van der Waals surface area contributed by atoms with Crippen LogP contribution in [0.1, 0.15) is 24.2 Å². The molecular weight excluding hydrogens is 388 g/mol. The van der Waals surface area contributed by atoms with Crippen molar-refractivity contribution >= 4 is 17.8 Å². The van der Waals surface area contributed by atoms with Crippen LogP contribution in [0.3, 0.4) is 0 Å². The molecule has 0 saturated heterocycles. The van der Waals surface area contributed by atoms with Crippen LogP contribution in [-0.4, -0.2) is 50.2 Å². The summed E-state index contributed by atoms with van der Waals surface area (Å²) in [4.78, 5) is 35.8. The average Bonchev–Trinajstić information content (AvgIpc) is 2.76. The Morgan fingerprint density at radius 2 is 1.57 bits per heavy atom. The van der Waals surface area contributed by atoms with Crippen LogP contribution < -0.4 is 20.1 Å². The van der Waals surface area contributed by atoms with E-state index < -0.39 is 30.4 Å². The van der Waals surface area contributed by atoms with E-state index in [2.05, 4.69) is 10.6 Å². The highest BCUT2D eigenvalue weighted by Crippen LogP contribution is 2.17. The molecule has 0 spiro atoms. The van der Waals surface area contributed by atoms with Crippen molar-refractivity contribution < 1.29 is 28.6 Å². The normalized spacial score (nSPS) is 11.1. The Kier molecular flexibility index (Phi) is 9.18. The average molecular weight is 414 g/mol. The number of ether oxygens (including phenoxy) is 3. The summed E-state index contributed by atoms with van der Waals surface area (Å²) in [5.41, 5.74) is 0.433. The molecule has 8 heteroatoms. The molecule has 0 aliphatic rings. The van der Waals surface area contributed by atoms with Crippen molar-refractivity contribution in [2.75, 3.05) is 26.4 Å². The minimum Gasteiger partial charge on any atom is -0.494 e. The lowest BCUT2D eigenvalue weighted by Crippen LogP contribution is -2.41. The summed E-state index contributed by atoms with van der Waals surface area (Å²) in [6.07, 6.45) is 0. The van der Waals surface area contributed by atoms with Crippen LogP contribution in [0.2, 0.25) is 0 Å². The molecule has 2 aromatic rings. The Labute approximate surface area is 175 Å². The van der Waals surface area contributed by atoms with Crippen molar-refractivity contribution in [1.29, 1.82) is 0 Å². The first kappa shape index (κ1) is 22.7. The first-order valence-electron chi connectivity index (χ1n) is 9.64. The highest BCUT2D eigenvalue weighted by Gasteiger charge is 2.18. The third kappa shape index (κ3) is 7.83. The van der Waals surface area contributed by atoms with Crippen LogP contribution in [0, 0.1) is 0 Å². The predicted molar refractivity (Wildman–Crippen MR) is 110 cm³/mol. The minimum atomic E-state index is -0.881. The molecule has 0 bridgehead atoms. The number of hydrogen-bond donors (Lipinski definition) is 2. The van der Waals surface area contributed by atoms with E-state index in [0.717, 1.165) is 5.75 Å². The van der Waals surface area contributed by atoms with Gasteiger partial charge >= 0.3 is 5.97 Å². The van der Waals surface area contributed by atoms with Crippen molar-refractivity contribution in [2.45, 2.75) is 19.9 Å². The van der Waals surface area contributed by atoms with E-state index in [1.165, 1.54) is 6.92 Å². The van der Waals surface area contributed by atoms with Gasteiger partial charge in [-0.25, -0.2) is 4.79 Å². The molecule has 0 aliphatic carbocycles. The quantitative estimate of drug-likeness (QED) is 0.430. The van der Waals surface area contributed by atoms with Gasteiger partial charge in [0.1, 0.15) is 24.1 Å². The minimum absolute atomic E-state index is 0.254. The second-order valence-electron chi connectivity index (χ2n) is 6.27. The fraction of sp³-hybridized carbons (Fsp3) is 0.318. The maximum atomic E-state index is 12.0. The molecule has 0 unspecified atom stereocenters. The van der Waals surface area contributed by atoms with E-state index in [9.17, 15) is 14.4 Å². The van der Waals surface area contributed by atoms with Gasteiger partial charge in [0.2, 0.25) is 0 Å². The lowest BCUT2D eigenvalue weighted by molar-refractivity contribution is -0.150. The topological polar surface area (TPSA) is 103 Å². The zero-order valence-electron chi connectivity index (χ0n) is 17.1. The van der Waals surface area contributed by atoms with Gasteiger partial charge in [0.25, 0.3) is 11.8 Å². The van der Waals surface area contributed by atoms with Gasteiger partial charge in [-0.05, 0) is 50.2 Å². The first-order valence-corrected chi connectivity index (χ1v) is 9.64. The van der Waals surface area contributed by atoms with E-state index in [-0.39, 0.29) is 13.2 Å². The van der Waals surface area contributed by atoms with E-state index in [1.54, 1.807) is 54.6 Å². The Bertz CT molecular complexity index is 823. The Balaban J connectivity index is 1.61. The number of benzene rings is 2. The molecule has 0 aromatic heterocycles. The van der Waals surface area contributed by atoms with Gasteiger partial charge in [0.15, 0.2) is 6.61 Å². The van der Waals surface area contributed by atoms with Gasteiger partial charge in [0.05, 0.1) is 13.2 Å². The monoisotopic (exact) mass is 414 g/mol. The van der Waals surface area contributed by atoms with E-state index in [0.29, 0.717) is 17.9 Å². The molecule has 0 saturated carbocycles. The third-order valence-electron chi connectivity index (χ3n) is 3.91. The van der Waals surface area contributed by atoms with Gasteiger partial charge in [-0.2, -0.15) is 0 Å². The van der Waals surface area contributed by atoms with E-state index >= 15 is 0 Å². The number of esters is 1. The molecule has 0 aliphatic heterocycles. The SMILES string of the molecule is CCOc1ccc(OCCNC(=O)COC(=O)[C@H](C)NC(=O)c2ccccc2)cc1. The van der Waals surface area contributed by atoms with Crippen LogP contribution >= 0.6 is 0 Å². The van der Waals surface area contributed by atoms with Crippen LogP contribution in [-0.2, 0) is 14.3 Å². The second-order valence-corrected chi connectivity index (χ2v) is 6.27. The van der Waals surface area contributed by atoms with Crippen molar-refractivity contribution in [1.82, 2.24) is 10.6 Å². The molecule has 2 N–H and O–H groups in total. The van der Waals surface area contributed by atoms with E-state index in [4.69, 9.17) is 14.2 Å². The van der Waals surface area contributed by atoms with Crippen LogP contribution in [0.15, 0.2) is 54.6 Å².